The summed E-state index contributed by atoms with van der Waals surface area (Å²) in [6.45, 7) is 3.51. The first-order valence-corrected chi connectivity index (χ1v) is 10.9. The summed E-state index contributed by atoms with van der Waals surface area (Å²) >= 11 is 0. The fraction of sp³-hybridized carbons (Fsp3) is 0.478. The van der Waals surface area contributed by atoms with Crippen LogP contribution in [-0.2, 0) is 7.05 Å². The number of methoxy groups -OCH3 is 1. The number of benzene rings is 1. The molecule has 1 amide bonds. The molecule has 1 aromatic carbocycles. The molecule has 5 rings (SSSR count). The van der Waals surface area contributed by atoms with Crippen molar-refractivity contribution in [2.45, 2.75) is 44.7 Å². The van der Waals surface area contributed by atoms with E-state index in [1.165, 1.54) is 12.8 Å². The molecule has 1 aliphatic carbocycles. The van der Waals surface area contributed by atoms with E-state index in [1.54, 1.807) is 18.1 Å². The minimum Gasteiger partial charge on any atom is -0.481 e. The Kier molecular flexibility index (Phi) is 5.00. The van der Waals surface area contributed by atoms with Crippen molar-refractivity contribution < 1.29 is 9.53 Å². The van der Waals surface area contributed by atoms with Crippen molar-refractivity contribution in [3.05, 3.63) is 41.9 Å². The first-order chi connectivity index (χ1) is 15.0. The molecule has 0 atom stereocenters. The Morgan fingerprint density at radius 2 is 1.84 bits per heavy atom. The lowest BCUT2D eigenvalue weighted by Crippen LogP contribution is -2.48. The van der Waals surface area contributed by atoms with Crippen LogP contribution in [0, 0.1) is 6.92 Å². The van der Waals surface area contributed by atoms with E-state index in [1.807, 2.05) is 37.1 Å². The standard InChI is InChI=1S/C23H28N6O2/c1-15-12-21(25-14-24-15)29(17-5-6-17)18-8-10-28(11-9-18)22(30)16-4-7-19-20(13-16)26-27(2)23(19)31-3/h4,7,12-14,17-18H,5-6,8-11H2,1-3H3. The number of hydrogen-bond donors (Lipinski definition) is 0. The Hall–Kier alpha value is -3.16. The maximum Gasteiger partial charge on any atom is 0.253 e. The molecule has 8 nitrogen and oxygen atoms in total. The summed E-state index contributed by atoms with van der Waals surface area (Å²) in [4.78, 5) is 26.4. The Balaban J connectivity index is 1.30. The quantitative estimate of drug-likeness (QED) is 0.632. The van der Waals surface area contributed by atoms with Gasteiger partial charge in [-0.3, -0.25) is 4.79 Å². The van der Waals surface area contributed by atoms with Crippen molar-refractivity contribution in [2.75, 3.05) is 25.1 Å². The third kappa shape index (κ3) is 3.71. The van der Waals surface area contributed by atoms with E-state index in [9.17, 15) is 4.79 Å². The van der Waals surface area contributed by atoms with Gasteiger partial charge >= 0.3 is 0 Å². The van der Waals surface area contributed by atoms with Gasteiger partial charge in [0.15, 0.2) is 0 Å². The fourth-order valence-corrected chi connectivity index (χ4v) is 4.69. The second-order valence-electron chi connectivity index (χ2n) is 8.54. The van der Waals surface area contributed by atoms with Gasteiger partial charge in [0.1, 0.15) is 12.1 Å². The van der Waals surface area contributed by atoms with Crippen molar-refractivity contribution in [3.8, 4) is 5.88 Å². The van der Waals surface area contributed by atoms with E-state index in [0.717, 1.165) is 48.3 Å². The number of likely N-dealkylation sites (tertiary alicyclic amines) is 1. The number of fused-ring (bicyclic) bond motifs is 1. The number of nitrogens with zero attached hydrogens (tertiary/aromatic N) is 6. The zero-order chi connectivity index (χ0) is 21.5. The normalized spacial score (nSPS) is 17.2. The zero-order valence-electron chi connectivity index (χ0n) is 18.3. The summed E-state index contributed by atoms with van der Waals surface area (Å²) in [6.07, 6.45) is 5.99. The third-order valence-electron chi connectivity index (χ3n) is 6.36. The van der Waals surface area contributed by atoms with Crippen molar-refractivity contribution in [2.24, 2.45) is 7.05 Å². The highest BCUT2D eigenvalue weighted by Crippen LogP contribution is 2.35. The monoisotopic (exact) mass is 420 g/mol. The van der Waals surface area contributed by atoms with Crippen LogP contribution in [0.5, 0.6) is 5.88 Å². The highest BCUT2D eigenvalue weighted by molar-refractivity contribution is 5.98. The third-order valence-corrected chi connectivity index (χ3v) is 6.36. The highest BCUT2D eigenvalue weighted by atomic mass is 16.5. The number of anilines is 1. The lowest BCUT2D eigenvalue weighted by molar-refractivity contribution is 0.0712. The lowest BCUT2D eigenvalue weighted by Gasteiger charge is -2.39. The summed E-state index contributed by atoms with van der Waals surface area (Å²) in [5.74, 6) is 1.80. The number of hydrogen-bond acceptors (Lipinski definition) is 6. The molecular weight excluding hydrogens is 392 g/mol. The van der Waals surface area contributed by atoms with Crippen molar-refractivity contribution >= 4 is 22.6 Å². The number of aryl methyl sites for hydroxylation is 2. The summed E-state index contributed by atoms with van der Waals surface area (Å²) < 4.78 is 7.11. The molecule has 31 heavy (non-hydrogen) atoms. The lowest BCUT2D eigenvalue weighted by atomic mass is 10.0. The number of piperidine rings is 1. The molecule has 0 bridgehead atoms. The van der Waals surface area contributed by atoms with Gasteiger partial charge < -0.3 is 14.5 Å². The topological polar surface area (TPSA) is 76.4 Å². The van der Waals surface area contributed by atoms with Crippen molar-refractivity contribution in [3.63, 3.8) is 0 Å². The predicted molar refractivity (Wildman–Crippen MR) is 118 cm³/mol. The van der Waals surface area contributed by atoms with E-state index >= 15 is 0 Å². The van der Waals surface area contributed by atoms with Crippen LogP contribution >= 0.6 is 0 Å². The van der Waals surface area contributed by atoms with Gasteiger partial charge in [0, 0.05) is 49.5 Å². The molecule has 2 fully saturated rings. The Morgan fingerprint density at radius 1 is 1.10 bits per heavy atom. The summed E-state index contributed by atoms with van der Waals surface area (Å²) in [5.41, 5.74) is 2.45. The van der Waals surface area contributed by atoms with Gasteiger partial charge in [-0.1, -0.05) is 0 Å². The first kappa shape index (κ1) is 19.8. The molecule has 3 heterocycles. The van der Waals surface area contributed by atoms with Gasteiger partial charge in [0.25, 0.3) is 5.91 Å². The van der Waals surface area contributed by atoms with Gasteiger partial charge in [-0.05, 0) is 50.8 Å². The Morgan fingerprint density at radius 3 is 2.52 bits per heavy atom. The van der Waals surface area contributed by atoms with Crippen LogP contribution in [0.25, 0.3) is 10.9 Å². The number of amides is 1. The molecule has 0 radical (unpaired) electrons. The van der Waals surface area contributed by atoms with Crippen molar-refractivity contribution in [1.29, 1.82) is 0 Å². The van der Waals surface area contributed by atoms with Crippen LogP contribution in [-0.4, -0.2) is 62.8 Å². The maximum atomic E-state index is 13.2. The molecule has 0 spiro atoms. The maximum absolute atomic E-state index is 13.2. The number of ether oxygens (including phenoxy) is 1. The van der Waals surface area contributed by atoms with Crippen LogP contribution in [0.15, 0.2) is 30.6 Å². The summed E-state index contributed by atoms with van der Waals surface area (Å²) in [6, 6.07) is 8.73. The van der Waals surface area contributed by atoms with E-state index < -0.39 is 0 Å². The average Bonchev–Trinajstić information content (AvgIpc) is 3.55. The van der Waals surface area contributed by atoms with Crippen LogP contribution < -0.4 is 9.64 Å². The Bertz CT molecular complexity index is 1110. The summed E-state index contributed by atoms with van der Waals surface area (Å²) in [5, 5.41) is 5.39. The predicted octanol–water partition coefficient (Wildman–Crippen LogP) is 2.95. The van der Waals surface area contributed by atoms with Crippen LogP contribution in [0.2, 0.25) is 0 Å². The number of carbonyl (C=O) groups excluding carboxylic acids is 1. The van der Waals surface area contributed by atoms with Crippen LogP contribution in [0.3, 0.4) is 0 Å². The molecule has 1 aliphatic heterocycles. The van der Waals surface area contributed by atoms with E-state index in [4.69, 9.17) is 4.74 Å². The molecule has 2 aliphatic rings. The Labute approximate surface area is 181 Å². The highest BCUT2D eigenvalue weighted by Gasteiger charge is 2.37. The minimum absolute atomic E-state index is 0.0702. The van der Waals surface area contributed by atoms with Gasteiger partial charge in [0.05, 0.1) is 18.0 Å². The number of carbonyl (C=O) groups is 1. The molecule has 8 heteroatoms. The van der Waals surface area contributed by atoms with Gasteiger partial charge in [-0.15, -0.1) is 0 Å². The number of aromatic nitrogens is 4. The van der Waals surface area contributed by atoms with Gasteiger partial charge in [-0.2, -0.15) is 5.10 Å². The molecule has 162 valence electrons. The second-order valence-corrected chi connectivity index (χ2v) is 8.54. The first-order valence-electron chi connectivity index (χ1n) is 10.9. The molecule has 1 saturated heterocycles. The molecule has 2 aromatic heterocycles. The SMILES string of the molecule is COc1c2ccc(C(=O)N3CCC(N(c4cc(C)ncn4)C4CC4)CC3)cc2nn1C. The van der Waals surface area contributed by atoms with Gasteiger partial charge in [0.2, 0.25) is 5.88 Å². The van der Waals surface area contributed by atoms with E-state index in [-0.39, 0.29) is 5.91 Å². The largest absolute Gasteiger partial charge is 0.481 e. The molecule has 1 saturated carbocycles. The second kappa shape index (κ2) is 7.83. The van der Waals surface area contributed by atoms with Crippen LogP contribution in [0.4, 0.5) is 5.82 Å². The van der Waals surface area contributed by atoms with Crippen LogP contribution in [0.1, 0.15) is 41.7 Å². The van der Waals surface area contributed by atoms with E-state index in [2.05, 4.69) is 26.0 Å². The molecule has 0 unspecified atom stereocenters. The zero-order valence-corrected chi connectivity index (χ0v) is 18.3. The van der Waals surface area contributed by atoms with E-state index in [0.29, 0.717) is 23.5 Å². The smallest absolute Gasteiger partial charge is 0.253 e. The molecule has 0 N–H and O–H groups in total. The molecule has 3 aromatic rings. The van der Waals surface area contributed by atoms with Crippen molar-refractivity contribution in [1.82, 2.24) is 24.6 Å². The number of rotatable bonds is 5. The fourth-order valence-electron chi connectivity index (χ4n) is 4.69. The molecular formula is C23H28N6O2. The van der Waals surface area contributed by atoms with Gasteiger partial charge in [-0.25, -0.2) is 14.6 Å². The minimum atomic E-state index is 0.0702. The summed E-state index contributed by atoms with van der Waals surface area (Å²) in [7, 11) is 3.48. The average molecular weight is 421 g/mol.